The van der Waals surface area contributed by atoms with Gasteiger partial charge in [-0.2, -0.15) is 0 Å². The number of pyridine rings is 1. The molecule has 2 aromatic rings. The van der Waals surface area contributed by atoms with E-state index in [9.17, 15) is 0 Å². The molecule has 4 rings (SSSR count). The molecule has 4 nitrogen and oxygen atoms in total. The maximum atomic E-state index is 6.38. The Morgan fingerprint density at radius 2 is 2.24 bits per heavy atom. The first-order chi connectivity index (χ1) is 10.1. The number of halogens is 2. The summed E-state index contributed by atoms with van der Waals surface area (Å²) in [5.41, 5.74) is 1.81. The van der Waals surface area contributed by atoms with E-state index in [-0.39, 0.29) is 5.38 Å². The van der Waals surface area contributed by atoms with Crippen molar-refractivity contribution in [3.63, 3.8) is 0 Å². The van der Waals surface area contributed by atoms with Crippen molar-refractivity contribution in [3.05, 3.63) is 22.6 Å². The molecule has 0 radical (unpaired) electrons. The van der Waals surface area contributed by atoms with Crippen LogP contribution in [0.5, 0.6) is 0 Å². The van der Waals surface area contributed by atoms with Crippen LogP contribution >= 0.6 is 27.5 Å². The number of ether oxygens (including phenoxy) is 1. The van der Waals surface area contributed by atoms with Crippen LogP contribution in [-0.4, -0.2) is 27.2 Å². The van der Waals surface area contributed by atoms with Gasteiger partial charge in [0, 0.05) is 17.3 Å². The summed E-state index contributed by atoms with van der Waals surface area (Å²) < 4.78 is 9.16. The molecule has 2 aromatic heterocycles. The number of rotatable bonds is 3. The van der Waals surface area contributed by atoms with Crippen molar-refractivity contribution in [2.24, 2.45) is 5.92 Å². The second-order valence-electron chi connectivity index (χ2n) is 5.98. The highest BCUT2D eigenvalue weighted by atomic mass is 79.9. The third kappa shape index (κ3) is 2.39. The van der Waals surface area contributed by atoms with Crippen molar-refractivity contribution in [3.8, 4) is 0 Å². The van der Waals surface area contributed by atoms with E-state index in [0.29, 0.717) is 18.1 Å². The summed E-state index contributed by atoms with van der Waals surface area (Å²) in [5, 5.41) is -0.140. The fourth-order valence-corrected chi connectivity index (χ4v) is 3.81. The summed E-state index contributed by atoms with van der Waals surface area (Å²) in [4.78, 5) is 9.30. The van der Waals surface area contributed by atoms with Gasteiger partial charge in [-0.05, 0) is 54.1 Å². The Labute approximate surface area is 137 Å². The van der Waals surface area contributed by atoms with Gasteiger partial charge < -0.3 is 9.30 Å². The SMILES string of the molecule is CC(Cl)c1nc2cc(Br)cnc2n1C1CCOC1C1CC1. The van der Waals surface area contributed by atoms with E-state index < -0.39 is 0 Å². The third-order valence-corrected chi connectivity index (χ3v) is 5.03. The molecule has 1 saturated carbocycles. The van der Waals surface area contributed by atoms with Crippen LogP contribution in [0.2, 0.25) is 0 Å². The van der Waals surface area contributed by atoms with Crippen LogP contribution in [0.1, 0.15) is 43.4 Å². The van der Waals surface area contributed by atoms with E-state index in [1.807, 2.05) is 19.2 Å². The van der Waals surface area contributed by atoms with Crippen LogP contribution in [-0.2, 0) is 4.74 Å². The summed E-state index contributed by atoms with van der Waals surface area (Å²) in [7, 11) is 0. The molecule has 6 heteroatoms. The lowest BCUT2D eigenvalue weighted by atomic mass is 10.1. The van der Waals surface area contributed by atoms with E-state index >= 15 is 0 Å². The molecule has 21 heavy (non-hydrogen) atoms. The van der Waals surface area contributed by atoms with Crippen LogP contribution in [0.25, 0.3) is 11.2 Å². The number of fused-ring (bicyclic) bond motifs is 1. The van der Waals surface area contributed by atoms with Crippen molar-refractivity contribution in [1.82, 2.24) is 14.5 Å². The first-order valence-electron chi connectivity index (χ1n) is 7.44. The van der Waals surface area contributed by atoms with Gasteiger partial charge in [0.1, 0.15) is 11.3 Å². The lowest BCUT2D eigenvalue weighted by Gasteiger charge is -2.22. The van der Waals surface area contributed by atoms with Gasteiger partial charge in [-0.15, -0.1) is 11.6 Å². The summed E-state index contributed by atoms with van der Waals surface area (Å²) >= 11 is 9.84. The minimum Gasteiger partial charge on any atom is -0.376 e. The summed E-state index contributed by atoms with van der Waals surface area (Å²) in [6.45, 7) is 2.79. The Morgan fingerprint density at radius 1 is 1.43 bits per heavy atom. The summed E-state index contributed by atoms with van der Waals surface area (Å²) in [5.74, 6) is 1.60. The molecule has 1 saturated heterocycles. The number of imidazole rings is 1. The third-order valence-electron chi connectivity index (χ3n) is 4.40. The molecule has 2 aliphatic rings. The van der Waals surface area contributed by atoms with Gasteiger partial charge in [0.15, 0.2) is 5.65 Å². The number of aromatic nitrogens is 3. The number of alkyl halides is 1. The molecular formula is C15H17BrClN3O. The molecule has 112 valence electrons. The van der Waals surface area contributed by atoms with E-state index in [4.69, 9.17) is 21.3 Å². The molecule has 1 aliphatic carbocycles. The van der Waals surface area contributed by atoms with Gasteiger partial charge in [-0.3, -0.25) is 0 Å². The Morgan fingerprint density at radius 3 is 2.95 bits per heavy atom. The van der Waals surface area contributed by atoms with Crippen molar-refractivity contribution in [2.45, 2.75) is 43.7 Å². The minimum atomic E-state index is -0.140. The fraction of sp³-hybridized carbons (Fsp3) is 0.600. The van der Waals surface area contributed by atoms with Crippen LogP contribution in [0, 0.1) is 5.92 Å². The molecule has 1 aliphatic heterocycles. The maximum Gasteiger partial charge on any atom is 0.160 e. The number of nitrogens with zero attached hydrogens (tertiary/aromatic N) is 3. The molecule has 3 unspecified atom stereocenters. The lowest BCUT2D eigenvalue weighted by molar-refractivity contribution is 0.0752. The average molecular weight is 371 g/mol. The predicted octanol–water partition coefficient (Wildman–Crippen LogP) is 4.23. The van der Waals surface area contributed by atoms with Crippen molar-refractivity contribution in [2.75, 3.05) is 6.61 Å². The minimum absolute atomic E-state index is 0.140. The molecule has 0 amide bonds. The average Bonchev–Trinajstić information content (AvgIpc) is 3.06. The molecular weight excluding hydrogens is 354 g/mol. The van der Waals surface area contributed by atoms with Gasteiger partial charge in [-0.1, -0.05) is 0 Å². The van der Waals surface area contributed by atoms with Crippen molar-refractivity contribution in [1.29, 1.82) is 0 Å². The van der Waals surface area contributed by atoms with Crippen LogP contribution < -0.4 is 0 Å². The highest BCUT2D eigenvalue weighted by Gasteiger charge is 2.43. The molecule has 2 fully saturated rings. The zero-order valence-corrected chi connectivity index (χ0v) is 14.1. The van der Waals surface area contributed by atoms with Gasteiger partial charge in [0.05, 0.1) is 17.5 Å². The zero-order valence-electron chi connectivity index (χ0n) is 11.8. The van der Waals surface area contributed by atoms with Crippen LogP contribution in [0.15, 0.2) is 16.7 Å². The molecule has 0 bridgehead atoms. The standard InChI is InChI=1S/C15H17BrClN3O/c1-8(17)14-19-11-6-10(16)7-18-15(11)20(14)12-4-5-21-13(12)9-2-3-9/h6-9,12-13H,2-5H2,1H3. The number of hydrogen-bond donors (Lipinski definition) is 0. The van der Waals surface area contributed by atoms with E-state index in [1.54, 1.807) is 0 Å². The predicted molar refractivity (Wildman–Crippen MR) is 85.6 cm³/mol. The van der Waals surface area contributed by atoms with Gasteiger partial charge >= 0.3 is 0 Å². The molecule has 3 heterocycles. The Balaban J connectivity index is 1.87. The molecule has 0 N–H and O–H groups in total. The first-order valence-corrected chi connectivity index (χ1v) is 8.67. The first kappa shape index (κ1) is 14.0. The molecule has 3 atom stereocenters. The van der Waals surface area contributed by atoms with Gasteiger partial charge in [0.2, 0.25) is 0 Å². The summed E-state index contributed by atoms with van der Waals surface area (Å²) in [6, 6.07) is 2.32. The summed E-state index contributed by atoms with van der Waals surface area (Å²) in [6.07, 6.45) is 5.69. The second kappa shape index (κ2) is 5.21. The molecule has 0 spiro atoms. The monoisotopic (exact) mass is 369 g/mol. The normalized spacial score (nSPS) is 27.4. The quantitative estimate of drug-likeness (QED) is 0.759. The smallest absolute Gasteiger partial charge is 0.160 e. The lowest BCUT2D eigenvalue weighted by Crippen LogP contribution is -2.24. The van der Waals surface area contributed by atoms with Gasteiger partial charge in [0.25, 0.3) is 0 Å². The van der Waals surface area contributed by atoms with E-state index in [0.717, 1.165) is 34.5 Å². The Kier molecular flexibility index (Phi) is 3.47. The highest BCUT2D eigenvalue weighted by Crippen LogP contribution is 2.45. The molecule has 0 aromatic carbocycles. The van der Waals surface area contributed by atoms with Crippen LogP contribution in [0.4, 0.5) is 0 Å². The van der Waals surface area contributed by atoms with Crippen molar-refractivity contribution < 1.29 is 4.74 Å². The highest BCUT2D eigenvalue weighted by molar-refractivity contribution is 9.10. The maximum absolute atomic E-state index is 6.38. The zero-order chi connectivity index (χ0) is 14.6. The largest absolute Gasteiger partial charge is 0.376 e. The second-order valence-corrected chi connectivity index (χ2v) is 7.55. The fourth-order valence-electron chi connectivity index (χ4n) is 3.33. The topological polar surface area (TPSA) is 39.9 Å². The Hall–Kier alpha value is -0.650. The number of hydrogen-bond acceptors (Lipinski definition) is 3. The van der Waals surface area contributed by atoms with Gasteiger partial charge in [-0.25, -0.2) is 9.97 Å². The van der Waals surface area contributed by atoms with Crippen LogP contribution in [0.3, 0.4) is 0 Å². The van der Waals surface area contributed by atoms with E-state index in [2.05, 4.69) is 25.5 Å². The Bertz CT molecular complexity index is 683. The van der Waals surface area contributed by atoms with E-state index in [1.165, 1.54) is 12.8 Å². The van der Waals surface area contributed by atoms with Crippen molar-refractivity contribution >= 4 is 38.7 Å².